The zero-order valence-electron chi connectivity index (χ0n) is 13.3. The van der Waals surface area contributed by atoms with Crippen molar-refractivity contribution in [2.45, 2.75) is 25.3 Å². The highest BCUT2D eigenvalue weighted by Crippen LogP contribution is 2.85. The van der Waals surface area contributed by atoms with Crippen molar-refractivity contribution in [1.29, 1.82) is 0 Å². The maximum atomic E-state index is 12.7. The van der Waals surface area contributed by atoms with Crippen molar-refractivity contribution in [3.8, 4) is 0 Å². The monoisotopic (exact) mass is 305 g/mol. The Morgan fingerprint density at radius 1 is 0.783 bits per heavy atom. The molecule has 1 N–H and O–H groups in total. The van der Waals surface area contributed by atoms with Crippen LogP contribution in [0.5, 0.6) is 0 Å². The maximum absolute atomic E-state index is 12.7. The molecule has 0 aromatic heterocycles. The van der Waals surface area contributed by atoms with Gasteiger partial charge in [0.25, 0.3) is 5.91 Å². The van der Waals surface area contributed by atoms with Gasteiger partial charge in [0, 0.05) is 11.6 Å². The molecule has 0 heterocycles. The summed E-state index contributed by atoms with van der Waals surface area (Å²) in [7, 11) is 0. The molecule has 0 spiro atoms. The van der Waals surface area contributed by atoms with Crippen molar-refractivity contribution in [2.24, 2.45) is 59.2 Å². The third-order valence-electron chi connectivity index (χ3n) is 9.13. The summed E-state index contributed by atoms with van der Waals surface area (Å²) in [6.07, 6.45) is 4.39. The molecule has 7 saturated carbocycles. The van der Waals surface area contributed by atoms with Crippen LogP contribution in [0.2, 0.25) is 0 Å². The summed E-state index contributed by atoms with van der Waals surface area (Å²) in [6.45, 7) is 0. The van der Waals surface area contributed by atoms with Crippen LogP contribution in [-0.2, 0) is 0 Å². The van der Waals surface area contributed by atoms with Gasteiger partial charge in [0.15, 0.2) is 0 Å². The Labute approximate surface area is 137 Å². The Morgan fingerprint density at radius 2 is 1.43 bits per heavy atom. The lowest BCUT2D eigenvalue weighted by atomic mass is 9.66. The standard InChI is InChI=1S/C21H23NO/c23-21(9-4-2-1-3-5-9)22-20-11-7-6-10-14(11)15-12-8-13-16(15)17(13)18(12)19(10)20/h1-5,10-20H,6-8H2,(H,22,23). The number of hydrogen-bond donors (Lipinski definition) is 1. The van der Waals surface area contributed by atoms with Crippen LogP contribution in [0.1, 0.15) is 29.6 Å². The number of benzene rings is 1. The lowest BCUT2D eigenvalue weighted by Crippen LogP contribution is -2.47. The van der Waals surface area contributed by atoms with Crippen LogP contribution in [0.3, 0.4) is 0 Å². The number of hydrogen-bond acceptors (Lipinski definition) is 1. The molecule has 7 aliphatic carbocycles. The Morgan fingerprint density at radius 3 is 2.17 bits per heavy atom. The van der Waals surface area contributed by atoms with Gasteiger partial charge in [-0.3, -0.25) is 4.79 Å². The Kier molecular flexibility index (Phi) is 1.94. The normalized spacial score (nSPS) is 58.5. The zero-order chi connectivity index (χ0) is 14.9. The minimum atomic E-state index is 0.171. The second kappa shape index (κ2) is 3.68. The summed E-state index contributed by atoms with van der Waals surface area (Å²) in [5.41, 5.74) is 0.837. The molecule has 1 amide bonds. The van der Waals surface area contributed by atoms with Gasteiger partial charge in [0.2, 0.25) is 0 Å². The molecule has 2 heteroatoms. The Bertz CT molecular complexity index is 714. The van der Waals surface area contributed by atoms with E-state index >= 15 is 0 Å². The predicted octanol–water partition coefficient (Wildman–Crippen LogP) is 3.20. The third-order valence-corrected chi connectivity index (χ3v) is 9.13. The zero-order valence-corrected chi connectivity index (χ0v) is 13.3. The van der Waals surface area contributed by atoms with Gasteiger partial charge in [0.1, 0.15) is 0 Å². The van der Waals surface area contributed by atoms with Crippen LogP contribution in [0.15, 0.2) is 30.3 Å². The average Bonchev–Trinajstić information content (AvgIpc) is 3.04. The summed E-state index contributed by atoms with van der Waals surface area (Å²) in [5.74, 6) is 10.2. The molecule has 0 saturated heterocycles. The molecule has 11 atom stereocenters. The highest BCUT2D eigenvalue weighted by atomic mass is 16.1. The molecular formula is C21H23NO. The first kappa shape index (κ1) is 12.1. The summed E-state index contributed by atoms with van der Waals surface area (Å²) in [5, 5.41) is 3.52. The number of rotatable bonds is 2. The fraction of sp³-hybridized carbons (Fsp3) is 0.667. The van der Waals surface area contributed by atoms with Crippen molar-refractivity contribution < 1.29 is 4.79 Å². The topological polar surface area (TPSA) is 29.1 Å². The van der Waals surface area contributed by atoms with E-state index in [4.69, 9.17) is 0 Å². The molecule has 7 fully saturated rings. The van der Waals surface area contributed by atoms with E-state index in [0.717, 1.165) is 64.7 Å². The van der Waals surface area contributed by atoms with Crippen LogP contribution in [0, 0.1) is 59.2 Å². The molecule has 23 heavy (non-hydrogen) atoms. The van der Waals surface area contributed by atoms with Crippen LogP contribution < -0.4 is 5.32 Å². The fourth-order valence-electron chi connectivity index (χ4n) is 9.00. The molecule has 10 bridgehead atoms. The molecule has 1 aromatic carbocycles. The van der Waals surface area contributed by atoms with Crippen LogP contribution in [0.25, 0.3) is 0 Å². The van der Waals surface area contributed by atoms with Crippen LogP contribution in [0.4, 0.5) is 0 Å². The smallest absolute Gasteiger partial charge is 0.251 e. The summed E-state index contributed by atoms with van der Waals surface area (Å²) >= 11 is 0. The van der Waals surface area contributed by atoms with Crippen LogP contribution >= 0.6 is 0 Å². The molecule has 0 aliphatic heterocycles. The van der Waals surface area contributed by atoms with E-state index in [1.54, 1.807) is 6.42 Å². The van der Waals surface area contributed by atoms with Gasteiger partial charge in [-0.25, -0.2) is 0 Å². The van der Waals surface area contributed by atoms with Crippen LogP contribution in [-0.4, -0.2) is 11.9 Å². The molecule has 7 aliphatic rings. The van der Waals surface area contributed by atoms with Gasteiger partial charge in [-0.2, -0.15) is 0 Å². The first-order valence-corrected chi connectivity index (χ1v) is 9.70. The van der Waals surface area contributed by atoms with Crippen molar-refractivity contribution in [3.05, 3.63) is 35.9 Å². The second-order valence-corrected chi connectivity index (χ2v) is 9.30. The summed E-state index contributed by atoms with van der Waals surface area (Å²) < 4.78 is 0. The molecule has 8 rings (SSSR count). The van der Waals surface area contributed by atoms with Crippen molar-refractivity contribution >= 4 is 5.91 Å². The predicted molar refractivity (Wildman–Crippen MR) is 86.4 cm³/mol. The largest absolute Gasteiger partial charge is 0.349 e. The highest BCUT2D eigenvalue weighted by Gasteiger charge is 2.82. The maximum Gasteiger partial charge on any atom is 0.251 e. The van der Waals surface area contributed by atoms with Crippen molar-refractivity contribution in [2.75, 3.05) is 0 Å². The number of carbonyl (C=O) groups is 1. The Hall–Kier alpha value is -1.31. The Balaban J connectivity index is 1.25. The fourth-order valence-corrected chi connectivity index (χ4v) is 9.00. The molecule has 11 unspecified atom stereocenters. The molecule has 2 nitrogen and oxygen atoms in total. The van der Waals surface area contributed by atoms with Crippen molar-refractivity contribution in [1.82, 2.24) is 5.32 Å². The number of nitrogens with one attached hydrogen (secondary N) is 1. The second-order valence-electron chi connectivity index (χ2n) is 9.30. The molecular weight excluding hydrogens is 282 g/mol. The van der Waals surface area contributed by atoms with Gasteiger partial charge in [-0.1, -0.05) is 18.2 Å². The van der Waals surface area contributed by atoms with E-state index in [2.05, 4.69) is 5.32 Å². The van der Waals surface area contributed by atoms with E-state index in [1.165, 1.54) is 12.8 Å². The van der Waals surface area contributed by atoms with Crippen molar-refractivity contribution in [3.63, 3.8) is 0 Å². The quantitative estimate of drug-likeness (QED) is 0.893. The number of carbonyl (C=O) groups excluding carboxylic acids is 1. The average molecular weight is 305 g/mol. The van der Waals surface area contributed by atoms with E-state index < -0.39 is 0 Å². The summed E-state index contributed by atoms with van der Waals surface area (Å²) in [6, 6.07) is 10.3. The minimum Gasteiger partial charge on any atom is -0.349 e. The van der Waals surface area contributed by atoms with Gasteiger partial charge < -0.3 is 5.32 Å². The molecule has 1 aromatic rings. The van der Waals surface area contributed by atoms with Gasteiger partial charge in [0.05, 0.1) is 0 Å². The molecule has 118 valence electrons. The van der Waals surface area contributed by atoms with Gasteiger partial charge in [-0.05, 0) is 90.6 Å². The molecule has 0 radical (unpaired) electrons. The van der Waals surface area contributed by atoms with E-state index in [-0.39, 0.29) is 5.91 Å². The third kappa shape index (κ3) is 1.20. The van der Waals surface area contributed by atoms with Gasteiger partial charge in [-0.15, -0.1) is 0 Å². The van der Waals surface area contributed by atoms with E-state index in [0.29, 0.717) is 6.04 Å². The number of amides is 1. The highest BCUT2D eigenvalue weighted by molar-refractivity contribution is 5.94. The first-order chi connectivity index (χ1) is 11.3. The lowest BCUT2D eigenvalue weighted by molar-refractivity contribution is 0.0735. The van der Waals surface area contributed by atoms with Gasteiger partial charge >= 0.3 is 0 Å². The first-order valence-electron chi connectivity index (χ1n) is 9.70. The SMILES string of the molecule is O=C(NC1C2CCC3C2C2C4CC5C2C5C4C31)c1ccccc1. The van der Waals surface area contributed by atoms with E-state index in [9.17, 15) is 4.79 Å². The minimum absolute atomic E-state index is 0.171. The van der Waals surface area contributed by atoms with E-state index in [1.807, 2.05) is 30.3 Å². The lowest BCUT2D eigenvalue weighted by Gasteiger charge is -2.40. The summed E-state index contributed by atoms with van der Waals surface area (Å²) in [4.78, 5) is 12.7.